The van der Waals surface area contributed by atoms with Crippen LogP contribution in [0, 0.1) is 0 Å². The van der Waals surface area contributed by atoms with Crippen molar-refractivity contribution in [1.29, 1.82) is 0 Å². The fraction of sp³-hybridized carbons (Fsp3) is 0.289. The minimum Gasteiger partial charge on any atom is -0.508 e. The highest BCUT2D eigenvalue weighted by molar-refractivity contribution is 6.01. The maximum absolute atomic E-state index is 13.5. The number of halogens is 6. The molecule has 6 N–H and O–H groups in total. The van der Waals surface area contributed by atoms with Gasteiger partial charge in [0.05, 0.1) is 5.56 Å². The highest BCUT2D eigenvalue weighted by atomic mass is 19.4. The molecule has 0 atom stereocenters. The van der Waals surface area contributed by atoms with Crippen LogP contribution in [0.1, 0.15) is 52.7 Å². The van der Waals surface area contributed by atoms with E-state index < -0.39 is 29.9 Å². The molecule has 0 aliphatic rings. The molecule has 0 saturated heterocycles. The first-order valence-corrected chi connectivity index (χ1v) is 16.6. The summed E-state index contributed by atoms with van der Waals surface area (Å²) >= 11 is 0. The van der Waals surface area contributed by atoms with Gasteiger partial charge in [-0.15, -0.1) is 0 Å². The van der Waals surface area contributed by atoms with Crippen molar-refractivity contribution in [3.05, 3.63) is 119 Å². The molecule has 15 heteroatoms. The van der Waals surface area contributed by atoms with E-state index in [1.54, 1.807) is 30.3 Å². The van der Waals surface area contributed by atoms with Crippen molar-refractivity contribution in [1.82, 2.24) is 10.2 Å². The topological polar surface area (TPSA) is 145 Å². The molecule has 0 heterocycles. The van der Waals surface area contributed by atoms with Gasteiger partial charge < -0.3 is 31.5 Å². The average Bonchev–Trinajstić information content (AvgIpc) is 3.12. The lowest BCUT2D eigenvalue weighted by Gasteiger charge is -2.24. The Morgan fingerprint density at radius 1 is 0.755 bits per heavy atom. The number of anilines is 1. The maximum atomic E-state index is 13.5. The van der Waals surface area contributed by atoms with E-state index in [0.29, 0.717) is 25.1 Å². The fourth-order valence-corrected chi connectivity index (χ4v) is 5.07. The monoisotopic (exact) mass is 746 g/mol. The van der Waals surface area contributed by atoms with Crippen LogP contribution in [0.2, 0.25) is 0 Å². The van der Waals surface area contributed by atoms with E-state index in [4.69, 9.17) is 15.6 Å². The Hall–Kier alpha value is -5.57. The molecule has 4 aromatic carbocycles. The minimum atomic E-state index is -5.08. The van der Waals surface area contributed by atoms with E-state index in [0.717, 1.165) is 60.1 Å². The molecule has 0 aliphatic heterocycles. The van der Waals surface area contributed by atoms with Gasteiger partial charge in [0.1, 0.15) is 5.75 Å². The van der Waals surface area contributed by atoms with Crippen LogP contribution < -0.4 is 16.4 Å². The first-order valence-electron chi connectivity index (χ1n) is 16.6. The molecule has 4 aromatic rings. The Bertz CT molecular complexity index is 1800. The van der Waals surface area contributed by atoms with E-state index in [1.807, 2.05) is 42.5 Å². The van der Waals surface area contributed by atoms with Gasteiger partial charge in [0, 0.05) is 30.9 Å². The number of nitrogens with two attached hydrogens (primary N) is 1. The zero-order chi connectivity index (χ0) is 39.0. The van der Waals surface area contributed by atoms with Gasteiger partial charge in [0.25, 0.3) is 5.91 Å². The van der Waals surface area contributed by atoms with Crippen molar-refractivity contribution >= 4 is 23.6 Å². The van der Waals surface area contributed by atoms with Crippen molar-refractivity contribution in [2.24, 2.45) is 5.73 Å². The Kier molecular flexibility index (Phi) is 15.7. The third-order valence-corrected chi connectivity index (χ3v) is 7.78. The Morgan fingerprint density at radius 2 is 1.42 bits per heavy atom. The van der Waals surface area contributed by atoms with Gasteiger partial charge in [-0.3, -0.25) is 4.79 Å². The molecular weight excluding hydrogens is 706 g/mol. The van der Waals surface area contributed by atoms with Gasteiger partial charge in [-0.05, 0) is 90.5 Å². The second kappa shape index (κ2) is 19.9. The number of nitrogens with one attached hydrogen (secondary N) is 2. The standard InChI is InChI=1S/C36H39F3N4O3.C2HF3O2/c37-36(38,39)29-11-8-12-30(24-29)42-35(46)43(22-19-26-15-17-31(44)18-16-26)25-27-9-7-10-28(23-27)32-13-3-4-14-33(32)34(45)41-21-6-2-1-5-20-40;3-2(4,5)1(6)7/h3-4,7-18,23-24,44H,1-2,5-6,19-22,25,40H2,(H,41,45)(H,42,46);(H,6,7). The first-order chi connectivity index (χ1) is 25.1. The number of amides is 3. The lowest BCUT2D eigenvalue weighted by atomic mass is 9.97. The van der Waals surface area contributed by atoms with Crippen LogP contribution in [0.25, 0.3) is 11.1 Å². The number of urea groups is 1. The number of nitrogens with zero attached hydrogens (tertiary/aromatic N) is 1. The van der Waals surface area contributed by atoms with Crippen LogP contribution >= 0.6 is 0 Å². The average molecular weight is 747 g/mol. The number of benzene rings is 4. The second-order valence-corrected chi connectivity index (χ2v) is 11.9. The van der Waals surface area contributed by atoms with E-state index in [2.05, 4.69) is 10.6 Å². The van der Waals surface area contributed by atoms with Crippen molar-refractivity contribution in [2.45, 2.75) is 51.0 Å². The molecule has 0 aromatic heterocycles. The summed E-state index contributed by atoms with van der Waals surface area (Å²) in [5.41, 5.74) is 8.45. The van der Waals surface area contributed by atoms with Gasteiger partial charge in [-0.1, -0.05) is 67.4 Å². The Labute approximate surface area is 302 Å². The van der Waals surface area contributed by atoms with Gasteiger partial charge >= 0.3 is 24.4 Å². The van der Waals surface area contributed by atoms with Crippen LogP contribution in [0.4, 0.5) is 36.8 Å². The molecule has 0 fully saturated rings. The van der Waals surface area contributed by atoms with E-state index in [-0.39, 0.29) is 30.4 Å². The summed E-state index contributed by atoms with van der Waals surface area (Å²) in [4.78, 5) is 37.0. The third kappa shape index (κ3) is 14.2. The molecule has 4 rings (SSSR count). The fourth-order valence-electron chi connectivity index (χ4n) is 5.07. The van der Waals surface area contributed by atoms with Crippen molar-refractivity contribution in [3.63, 3.8) is 0 Å². The normalized spacial score (nSPS) is 11.2. The predicted octanol–water partition coefficient (Wildman–Crippen LogP) is 8.24. The van der Waals surface area contributed by atoms with Crippen LogP contribution in [-0.4, -0.2) is 58.8 Å². The highest BCUT2D eigenvalue weighted by Gasteiger charge is 2.38. The Morgan fingerprint density at radius 3 is 2.08 bits per heavy atom. The number of carboxylic acid groups (broad SMARTS) is 1. The third-order valence-electron chi connectivity index (χ3n) is 7.78. The van der Waals surface area contributed by atoms with Crippen molar-refractivity contribution < 1.29 is 50.9 Å². The minimum absolute atomic E-state index is 0.0301. The molecule has 0 aliphatic carbocycles. The number of aromatic hydroxyl groups is 1. The predicted molar refractivity (Wildman–Crippen MR) is 188 cm³/mol. The number of phenolic OH excluding ortho intramolecular Hbond substituents is 1. The smallest absolute Gasteiger partial charge is 0.490 e. The highest BCUT2D eigenvalue weighted by Crippen LogP contribution is 2.31. The SMILES string of the molecule is NCCCCCCNC(=O)c1ccccc1-c1cccc(CN(CCc2ccc(O)cc2)C(=O)Nc2cccc(C(F)(F)F)c2)c1.O=C(O)C(F)(F)F. The lowest BCUT2D eigenvalue weighted by molar-refractivity contribution is -0.192. The zero-order valence-corrected chi connectivity index (χ0v) is 28.5. The number of carbonyl (C=O) groups excluding carboxylic acids is 2. The number of carbonyl (C=O) groups is 3. The summed E-state index contributed by atoms with van der Waals surface area (Å²) in [6.07, 6.45) is -5.33. The van der Waals surface area contributed by atoms with E-state index >= 15 is 0 Å². The second-order valence-electron chi connectivity index (χ2n) is 11.9. The molecule has 0 spiro atoms. The molecule has 0 unspecified atom stereocenters. The number of phenols is 1. The van der Waals surface area contributed by atoms with E-state index in [1.165, 1.54) is 17.0 Å². The molecule has 53 heavy (non-hydrogen) atoms. The van der Waals surface area contributed by atoms with Crippen LogP contribution in [0.3, 0.4) is 0 Å². The number of carboxylic acids is 1. The summed E-state index contributed by atoms with van der Waals surface area (Å²) in [6.45, 7) is 1.64. The van der Waals surface area contributed by atoms with Crippen LogP contribution in [-0.2, 0) is 23.9 Å². The molecule has 284 valence electrons. The van der Waals surface area contributed by atoms with Gasteiger partial charge in [-0.2, -0.15) is 26.3 Å². The quantitative estimate of drug-likeness (QED) is 0.0650. The lowest BCUT2D eigenvalue weighted by Crippen LogP contribution is -2.36. The number of aliphatic carboxylic acids is 1. The van der Waals surface area contributed by atoms with Gasteiger partial charge in [-0.25, -0.2) is 9.59 Å². The molecule has 9 nitrogen and oxygen atoms in total. The molecule has 0 saturated carbocycles. The number of hydrogen-bond acceptors (Lipinski definition) is 5. The molecule has 0 radical (unpaired) electrons. The summed E-state index contributed by atoms with van der Waals surface area (Å²) < 4.78 is 71.6. The number of unbranched alkanes of at least 4 members (excludes halogenated alkanes) is 3. The van der Waals surface area contributed by atoms with Crippen LogP contribution in [0.5, 0.6) is 5.75 Å². The Balaban J connectivity index is 0.000000980. The number of hydrogen-bond donors (Lipinski definition) is 5. The van der Waals surface area contributed by atoms with Crippen LogP contribution in [0.15, 0.2) is 97.1 Å². The van der Waals surface area contributed by atoms with Gasteiger partial charge in [0.2, 0.25) is 0 Å². The maximum Gasteiger partial charge on any atom is 0.490 e. The zero-order valence-electron chi connectivity index (χ0n) is 28.5. The van der Waals surface area contributed by atoms with Gasteiger partial charge in [0.15, 0.2) is 0 Å². The number of alkyl halides is 6. The summed E-state index contributed by atoms with van der Waals surface area (Å²) in [5.74, 6) is -2.81. The summed E-state index contributed by atoms with van der Waals surface area (Å²) in [7, 11) is 0. The van der Waals surface area contributed by atoms with Crippen molar-refractivity contribution in [3.8, 4) is 16.9 Å². The first kappa shape index (κ1) is 41.8. The van der Waals surface area contributed by atoms with E-state index in [9.17, 15) is 41.0 Å². The summed E-state index contributed by atoms with van der Waals surface area (Å²) in [5, 5.41) is 22.4. The molecule has 3 amide bonds. The molecular formula is C38H40F6N4O5. The van der Waals surface area contributed by atoms with Crippen molar-refractivity contribution in [2.75, 3.05) is 25.0 Å². The molecule has 0 bridgehead atoms. The summed E-state index contributed by atoms with van der Waals surface area (Å²) in [6, 6.07) is 25.4. The largest absolute Gasteiger partial charge is 0.508 e. The number of rotatable bonds is 14.